The molecule has 2 aliphatic heterocycles. The number of nitrogens with two attached hydrogens (primary N) is 1. The van der Waals surface area contributed by atoms with E-state index in [4.69, 9.17) is 15.2 Å². The highest BCUT2D eigenvalue weighted by atomic mass is 32.2. The van der Waals surface area contributed by atoms with E-state index in [-0.39, 0.29) is 24.3 Å². The highest BCUT2D eigenvalue weighted by Gasteiger charge is 2.53. The van der Waals surface area contributed by atoms with Gasteiger partial charge in [-0.05, 0) is 18.1 Å². The van der Waals surface area contributed by atoms with Crippen molar-refractivity contribution in [3.63, 3.8) is 0 Å². The zero-order chi connectivity index (χ0) is 23.7. The average molecular weight is 495 g/mol. The van der Waals surface area contributed by atoms with Crippen molar-refractivity contribution in [3.8, 4) is 0 Å². The minimum atomic E-state index is -0.693. The molecule has 0 radical (unpaired) electrons. The first-order valence-corrected chi connectivity index (χ1v) is 12.5. The number of hydrogen-bond donors (Lipinski definition) is 1. The van der Waals surface area contributed by atoms with Crippen LogP contribution in [0.15, 0.2) is 76.5 Å². The number of hydrogen-bond acceptors (Lipinski definition) is 9. The second-order valence-electron chi connectivity index (χ2n) is 7.87. The summed E-state index contributed by atoms with van der Waals surface area (Å²) in [6.07, 6.45) is -0.646. The first-order chi connectivity index (χ1) is 16.5. The van der Waals surface area contributed by atoms with Crippen LogP contribution in [-0.4, -0.2) is 51.4 Å². The number of carbonyl (C=O) groups is 2. The number of nitrogens with zero attached hydrogens (tertiary/aromatic N) is 3. The van der Waals surface area contributed by atoms with Crippen molar-refractivity contribution in [2.24, 2.45) is 5.73 Å². The van der Waals surface area contributed by atoms with Crippen molar-refractivity contribution in [2.45, 2.75) is 29.5 Å². The van der Waals surface area contributed by atoms with Crippen LogP contribution in [0.4, 0.5) is 0 Å². The summed E-state index contributed by atoms with van der Waals surface area (Å²) in [6, 6.07) is 17.9. The number of fused-ring (bicyclic) bond motifs is 1. The molecule has 2 atom stereocenters. The van der Waals surface area contributed by atoms with E-state index in [0.717, 1.165) is 20.5 Å². The Morgan fingerprint density at radius 2 is 1.82 bits per heavy atom. The molecule has 3 aromatic rings. The number of thioether (sulfide) groups is 1. The van der Waals surface area contributed by atoms with Gasteiger partial charge in [0, 0.05) is 0 Å². The van der Waals surface area contributed by atoms with Crippen LogP contribution in [0.2, 0.25) is 0 Å². The van der Waals surface area contributed by atoms with E-state index in [1.54, 1.807) is 0 Å². The van der Waals surface area contributed by atoms with Crippen LogP contribution in [0.5, 0.6) is 0 Å². The molecule has 0 bridgehead atoms. The predicted molar refractivity (Wildman–Crippen MR) is 128 cm³/mol. The standard InChI is InChI=1S/C24H22N4O4S2/c1-14-26-27-24(34-14)33-13-18-20(28-17(12-31-18)19(25)22(28)29)23(30)32-21(15-8-4-2-5-9-15)16-10-6-3-7-11-16/h2-11,17,19,21H,12-13,25H2,1H3. The lowest BCUT2D eigenvalue weighted by molar-refractivity contribution is -0.160. The molecule has 2 aromatic carbocycles. The number of β-lactam (4-membered cyclic amide) rings is 1. The maximum atomic E-state index is 13.6. The summed E-state index contributed by atoms with van der Waals surface area (Å²) in [4.78, 5) is 27.7. The van der Waals surface area contributed by atoms with Crippen LogP contribution in [-0.2, 0) is 19.1 Å². The lowest BCUT2D eigenvalue weighted by atomic mass is 9.93. The van der Waals surface area contributed by atoms with Crippen molar-refractivity contribution < 1.29 is 19.1 Å². The summed E-state index contributed by atoms with van der Waals surface area (Å²) < 4.78 is 12.7. The molecule has 2 aliphatic rings. The van der Waals surface area contributed by atoms with Crippen LogP contribution >= 0.6 is 23.1 Å². The third-order valence-electron chi connectivity index (χ3n) is 5.66. The van der Waals surface area contributed by atoms with Crippen LogP contribution in [0.25, 0.3) is 0 Å². The molecule has 174 valence electrons. The Balaban J connectivity index is 1.47. The maximum absolute atomic E-state index is 13.6. The Bertz CT molecular complexity index is 1190. The minimum absolute atomic E-state index is 0.105. The van der Waals surface area contributed by atoms with E-state index < -0.39 is 18.1 Å². The summed E-state index contributed by atoms with van der Waals surface area (Å²) in [5, 5.41) is 8.97. The van der Waals surface area contributed by atoms with Gasteiger partial charge < -0.3 is 15.2 Å². The largest absolute Gasteiger partial charge is 0.492 e. The SMILES string of the molecule is Cc1nnc(SCC2=C(C(=O)OC(c3ccccc3)c3ccccc3)N3C(=O)C(N)C3CO2)s1. The molecule has 1 saturated heterocycles. The van der Waals surface area contributed by atoms with Crippen molar-refractivity contribution in [1.29, 1.82) is 0 Å². The molecule has 5 rings (SSSR count). The van der Waals surface area contributed by atoms with Crippen molar-refractivity contribution in [1.82, 2.24) is 15.1 Å². The fourth-order valence-corrected chi connectivity index (χ4v) is 5.71. The van der Waals surface area contributed by atoms with Crippen LogP contribution in [0, 0.1) is 6.92 Å². The normalized spacial score (nSPS) is 19.5. The molecule has 34 heavy (non-hydrogen) atoms. The van der Waals surface area contributed by atoms with Gasteiger partial charge in [-0.25, -0.2) is 4.79 Å². The number of rotatable bonds is 7. The Morgan fingerprint density at radius 1 is 1.18 bits per heavy atom. The molecule has 0 saturated carbocycles. The van der Waals surface area contributed by atoms with E-state index in [9.17, 15) is 9.59 Å². The zero-order valence-corrected chi connectivity index (χ0v) is 19.9. The lowest BCUT2D eigenvalue weighted by Gasteiger charge is -2.48. The van der Waals surface area contributed by atoms with Crippen molar-refractivity contribution in [2.75, 3.05) is 12.4 Å². The fourth-order valence-electron chi connectivity index (χ4n) is 3.94. The van der Waals surface area contributed by atoms with Crippen LogP contribution < -0.4 is 5.73 Å². The highest BCUT2D eigenvalue weighted by molar-refractivity contribution is 8.01. The molecule has 10 heteroatoms. The Morgan fingerprint density at radius 3 is 2.41 bits per heavy atom. The van der Waals surface area contributed by atoms with Gasteiger partial charge in [0.25, 0.3) is 0 Å². The highest BCUT2D eigenvalue weighted by Crippen LogP contribution is 2.36. The number of aromatic nitrogens is 2. The van der Waals surface area contributed by atoms with Gasteiger partial charge in [0.1, 0.15) is 23.4 Å². The lowest BCUT2D eigenvalue weighted by Crippen LogP contribution is -2.71. The number of carbonyl (C=O) groups excluding carboxylic acids is 2. The monoisotopic (exact) mass is 494 g/mol. The number of aryl methyl sites for hydroxylation is 1. The smallest absolute Gasteiger partial charge is 0.359 e. The van der Waals surface area contributed by atoms with Gasteiger partial charge in [-0.2, -0.15) is 0 Å². The van der Waals surface area contributed by atoms with Crippen LogP contribution in [0.3, 0.4) is 0 Å². The minimum Gasteiger partial charge on any atom is -0.492 e. The number of benzene rings is 2. The zero-order valence-electron chi connectivity index (χ0n) is 18.3. The van der Waals surface area contributed by atoms with E-state index >= 15 is 0 Å². The molecule has 0 aliphatic carbocycles. The quantitative estimate of drug-likeness (QED) is 0.303. The van der Waals surface area contributed by atoms with E-state index in [1.807, 2.05) is 67.6 Å². The van der Waals surface area contributed by atoms with Gasteiger partial charge in [-0.1, -0.05) is 83.8 Å². The molecule has 2 unspecified atom stereocenters. The van der Waals surface area contributed by atoms with E-state index in [2.05, 4.69) is 10.2 Å². The van der Waals surface area contributed by atoms with Gasteiger partial charge in [-0.15, -0.1) is 10.2 Å². The van der Waals surface area contributed by atoms with Crippen molar-refractivity contribution in [3.05, 3.63) is 88.3 Å². The number of amides is 1. The molecule has 3 heterocycles. The topological polar surface area (TPSA) is 108 Å². The van der Waals surface area contributed by atoms with Gasteiger partial charge in [0.15, 0.2) is 16.1 Å². The summed E-state index contributed by atoms with van der Waals surface area (Å²) in [5.74, 6) is -0.261. The molecule has 1 fully saturated rings. The molecule has 1 aromatic heterocycles. The van der Waals surface area contributed by atoms with Gasteiger partial charge >= 0.3 is 5.97 Å². The summed E-state index contributed by atoms with van der Waals surface area (Å²) in [5.41, 5.74) is 7.72. The number of esters is 1. The Labute approximate surface area is 204 Å². The summed E-state index contributed by atoms with van der Waals surface area (Å²) >= 11 is 2.85. The predicted octanol–water partition coefficient (Wildman–Crippen LogP) is 3.05. The third-order valence-corrected chi connectivity index (χ3v) is 7.63. The summed E-state index contributed by atoms with van der Waals surface area (Å²) in [6.45, 7) is 2.11. The molecule has 0 spiro atoms. The molecule has 2 N–H and O–H groups in total. The Kier molecular flexibility index (Phi) is 6.36. The molecular weight excluding hydrogens is 472 g/mol. The maximum Gasteiger partial charge on any atom is 0.359 e. The van der Waals surface area contributed by atoms with E-state index in [0.29, 0.717) is 11.5 Å². The number of ether oxygens (including phenoxy) is 2. The van der Waals surface area contributed by atoms with Gasteiger partial charge in [-0.3, -0.25) is 9.69 Å². The molecule has 1 amide bonds. The second kappa shape index (κ2) is 9.57. The molecule has 8 nitrogen and oxygen atoms in total. The average Bonchev–Trinajstić information content (AvgIpc) is 3.30. The third kappa shape index (κ3) is 4.31. The first kappa shape index (κ1) is 22.6. The van der Waals surface area contributed by atoms with E-state index in [1.165, 1.54) is 28.0 Å². The Hall–Kier alpha value is -3.21. The fraction of sp³-hybridized carbons (Fsp3) is 0.250. The first-order valence-electron chi connectivity index (χ1n) is 10.7. The van der Waals surface area contributed by atoms with Gasteiger partial charge in [0.05, 0.1) is 11.8 Å². The van der Waals surface area contributed by atoms with Crippen molar-refractivity contribution >= 4 is 35.0 Å². The van der Waals surface area contributed by atoms with Gasteiger partial charge in [0.2, 0.25) is 5.91 Å². The van der Waals surface area contributed by atoms with Crippen LogP contribution in [0.1, 0.15) is 22.2 Å². The molecular formula is C24H22N4O4S2. The second-order valence-corrected chi connectivity index (χ2v) is 10.3. The summed E-state index contributed by atoms with van der Waals surface area (Å²) in [7, 11) is 0.